The molecule has 0 bridgehead atoms. The van der Waals surface area contributed by atoms with E-state index in [4.69, 9.17) is 15.0 Å². The predicted molar refractivity (Wildman–Crippen MR) is 120 cm³/mol. The molecule has 2 heterocycles. The number of furan rings is 1. The van der Waals surface area contributed by atoms with E-state index in [9.17, 15) is 4.79 Å². The topological polar surface area (TPSA) is 108 Å². The summed E-state index contributed by atoms with van der Waals surface area (Å²) >= 11 is 3.40. The van der Waals surface area contributed by atoms with Crippen LogP contribution in [0.5, 0.6) is 5.75 Å². The van der Waals surface area contributed by atoms with Crippen molar-refractivity contribution in [2.45, 2.75) is 5.16 Å². The van der Waals surface area contributed by atoms with Crippen LogP contribution in [0.4, 0.5) is 5.69 Å². The van der Waals surface area contributed by atoms with E-state index in [1.165, 1.54) is 16.4 Å². The van der Waals surface area contributed by atoms with Crippen LogP contribution in [0.1, 0.15) is 0 Å². The number of amides is 1. The van der Waals surface area contributed by atoms with E-state index >= 15 is 0 Å². The number of anilines is 1. The van der Waals surface area contributed by atoms with Crippen molar-refractivity contribution in [1.29, 1.82) is 0 Å². The third-order valence-electron chi connectivity index (χ3n) is 4.07. The number of nitrogens with zero attached hydrogens (tertiary/aromatic N) is 3. The second-order valence-electron chi connectivity index (χ2n) is 6.01. The molecular formula is C19H16IN5O3S. The van der Waals surface area contributed by atoms with Gasteiger partial charge in [0.15, 0.2) is 17.1 Å². The Morgan fingerprint density at radius 3 is 2.83 bits per heavy atom. The number of rotatable bonds is 6. The number of nitrogens with one attached hydrogen (secondary N) is 1. The first-order valence-electron chi connectivity index (χ1n) is 8.51. The zero-order chi connectivity index (χ0) is 20.4. The molecule has 1 amide bonds. The van der Waals surface area contributed by atoms with Gasteiger partial charge in [-0.2, -0.15) is 0 Å². The molecule has 0 aliphatic heterocycles. The number of thioether (sulfide) groups is 1. The Morgan fingerprint density at radius 2 is 2.07 bits per heavy atom. The fraction of sp³-hybridized carbons (Fsp3) is 0.105. The zero-order valence-electron chi connectivity index (χ0n) is 15.3. The highest BCUT2D eigenvalue weighted by molar-refractivity contribution is 14.1. The number of halogens is 1. The van der Waals surface area contributed by atoms with E-state index in [1.807, 2.05) is 48.5 Å². The third-order valence-corrected chi connectivity index (χ3v) is 5.74. The van der Waals surface area contributed by atoms with Crippen LogP contribution in [0.3, 0.4) is 0 Å². The van der Waals surface area contributed by atoms with Gasteiger partial charge >= 0.3 is 0 Å². The monoisotopic (exact) mass is 521 g/mol. The number of nitrogen functional groups attached to an aromatic ring is 1. The van der Waals surface area contributed by atoms with Gasteiger partial charge in [0.2, 0.25) is 16.9 Å². The number of benzene rings is 2. The molecule has 2 aromatic carbocycles. The lowest BCUT2D eigenvalue weighted by Gasteiger charge is -2.05. The highest BCUT2D eigenvalue weighted by Gasteiger charge is 2.18. The minimum absolute atomic E-state index is 0.148. The number of hydrogen-bond donors (Lipinski definition) is 2. The molecule has 0 saturated heterocycles. The average Bonchev–Trinajstić information content (AvgIpc) is 3.31. The summed E-state index contributed by atoms with van der Waals surface area (Å²) in [7, 11) is 1.58. The molecule has 29 heavy (non-hydrogen) atoms. The number of nitrogens with two attached hydrogens (primary N) is 1. The number of hydrogen-bond acceptors (Lipinski definition) is 7. The van der Waals surface area contributed by atoms with Crippen molar-refractivity contribution in [1.82, 2.24) is 14.9 Å². The van der Waals surface area contributed by atoms with Crippen molar-refractivity contribution in [3.63, 3.8) is 0 Å². The van der Waals surface area contributed by atoms with Crippen LogP contribution in [0, 0.1) is 3.57 Å². The van der Waals surface area contributed by atoms with E-state index in [-0.39, 0.29) is 11.7 Å². The first kappa shape index (κ1) is 19.6. The number of carbonyl (C=O) groups excluding carboxylic acids is 1. The average molecular weight is 521 g/mol. The van der Waals surface area contributed by atoms with Crippen LogP contribution in [-0.2, 0) is 4.79 Å². The SMILES string of the molecule is COc1cccc2cc(-c3nnc(SCC(=O)Nc4ccc(I)cc4)n3N)oc12. The lowest BCUT2D eigenvalue weighted by molar-refractivity contribution is -0.113. The molecule has 0 saturated carbocycles. The Labute approximate surface area is 183 Å². The summed E-state index contributed by atoms with van der Waals surface area (Å²) in [6, 6.07) is 15.0. The quantitative estimate of drug-likeness (QED) is 0.226. The normalized spacial score (nSPS) is 11.0. The number of carbonyl (C=O) groups is 1. The van der Waals surface area contributed by atoms with Gasteiger partial charge in [0.25, 0.3) is 0 Å². The summed E-state index contributed by atoms with van der Waals surface area (Å²) in [6.07, 6.45) is 0. The minimum atomic E-state index is -0.158. The first-order chi connectivity index (χ1) is 14.0. The molecule has 4 aromatic rings. The van der Waals surface area contributed by atoms with Crippen molar-refractivity contribution in [3.8, 4) is 17.3 Å². The van der Waals surface area contributed by atoms with E-state index in [2.05, 4.69) is 38.1 Å². The molecular weight excluding hydrogens is 505 g/mol. The number of fused-ring (bicyclic) bond motifs is 1. The first-order valence-corrected chi connectivity index (χ1v) is 10.6. The fourth-order valence-corrected chi connectivity index (χ4v) is 3.73. The molecule has 0 unspecified atom stereocenters. The van der Waals surface area contributed by atoms with Crippen molar-refractivity contribution in [3.05, 3.63) is 52.1 Å². The molecule has 4 rings (SSSR count). The molecule has 0 aliphatic carbocycles. The summed E-state index contributed by atoms with van der Waals surface area (Å²) in [5, 5.41) is 12.3. The maximum absolute atomic E-state index is 12.2. The van der Waals surface area contributed by atoms with Gasteiger partial charge in [0.05, 0.1) is 12.9 Å². The second-order valence-corrected chi connectivity index (χ2v) is 8.20. The maximum Gasteiger partial charge on any atom is 0.234 e. The lowest BCUT2D eigenvalue weighted by atomic mass is 10.2. The van der Waals surface area contributed by atoms with Crippen LogP contribution >= 0.6 is 34.4 Å². The fourth-order valence-electron chi connectivity index (χ4n) is 2.71. The van der Waals surface area contributed by atoms with Crippen LogP contribution in [-0.4, -0.2) is 33.6 Å². The number of methoxy groups -OCH3 is 1. The predicted octanol–water partition coefficient (Wildman–Crippen LogP) is 3.75. The van der Waals surface area contributed by atoms with Gasteiger partial charge in [-0.1, -0.05) is 23.9 Å². The molecule has 0 spiro atoms. The summed E-state index contributed by atoms with van der Waals surface area (Å²) in [5.74, 6) is 7.58. The summed E-state index contributed by atoms with van der Waals surface area (Å²) in [6.45, 7) is 0. The van der Waals surface area contributed by atoms with Gasteiger partial charge in [-0.05, 0) is 59.0 Å². The van der Waals surface area contributed by atoms with Crippen LogP contribution in [0.15, 0.2) is 58.1 Å². The highest BCUT2D eigenvalue weighted by Crippen LogP contribution is 2.33. The maximum atomic E-state index is 12.2. The van der Waals surface area contributed by atoms with Gasteiger partial charge < -0.3 is 20.3 Å². The van der Waals surface area contributed by atoms with Crippen molar-refractivity contribution < 1.29 is 13.9 Å². The van der Waals surface area contributed by atoms with E-state index in [1.54, 1.807) is 7.11 Å². The van der Waals surface area contributed by atoms with Gasteiger partial charge in [0.1, 0.15) is 0 Å². The molecule has 0 aliphatic rings. The Hall–Kier alpha value is -2.73. The Kier molecular flexibility index (Phi) is 5.62. The Balaban J connectivity index is 1.47. The number of para-hydroxylation sites is 1. The number of aromatic nitrogens is 3. The van der Waals surface area contributed by atoms with Crippen molar-refractivity contribution in [2.24, 2.45) is 0 Å². The van der Waals surface area contributed by atoms with Crippen LogP contribution in [0.25, 0.3) is 22.6 Å². The van der Waals surface area contributed by atoms with Gasteiger partial charge in [-0.3, -0.25) is 4.79 Å². The van der Waals surface area contributed by atoms with E-state index in [0.717, 1.165) is 14.6 Å². The second kappa shape index (κ2) is 8.33. The van der Waals surface area contributed by atoms with Crippen LogP contribution < -0.4 is 15.9 Å². The lowest BCUT2D eigenvalue weighted by Crippen LogP contribution is -2.16. The van der Waals surface area contributed by atoms with E-state index in [0.29, 0.717) is 28.1 Å². The van der Waals surface area contributed by atoms with Crippen LogP contribution in [0.2, 0.25) is 0 Å². The molecule has 0 radical (unpaired) electrons. The van der Waals surface area contributed by atoms with Gasteiger partial charge in [0, 0.05) is 14.6 Å². The number of ether oxygens (including phenoxy) is 1. The summed E-state index contributed by atoms with van der Waals surface area (Å²) < 4.78 is 13.6. The summed E-state index contributed by atoms with van der Waals surface area (Å²) in [4.78, 5) is 12.2. The van der Waals surface area contributed by atoms with Crippen molar-refractivity contribution >= 4 is 56.9 Å². The molecule has 148 valence electrons. The van der Waals surface area contributed by atoms with Gasteiger partial charge in [-0.25, -0.2) is 4.68 Å². The molecule has 0 fully saturated rings. The molecule has 0 atom stereocenters. The van der Waals surface area contributed by atoms with Gasteiger partial charge in [-0.15, -0.1) is 10.2 Å². The minimum Gasteiger partial charge on any atom is -0.493 e. The molecule has 3 N–H and O–H groups in total. The molecule has 10 heteroatoms. The smallest absolute Gasteiger partial charge is 0.234 e. The van der Waals surface area contributed by atoms with Crippen molar-refractivity contribution in [2.75, 3.05) is 24.0 Å². The standard InChI is InChI=1S/C19H16IN5O3S/c1-27-14-4-2-3-11-9-15(28-17(11)14)18-23-24-19(25(18)21)29-10-16(26)22-13-7-5-12(20)6-8-13/h2-9H,10,21H2,1H3,(H,22,26). The molecule has 8 nitrogen and oxygen atoms in total. The largest absolute Gasteiger partial charge is 0.493 e. The zero-order valence-corrected chi connectivity index (χ0v) is 18.2. The van der Waals surface area contributed by atoms with E-state index < -0.39 is 0 Å². The summed E-state index contributed by atoms with van der Waals surface area (Å²) in [5.41, 5.74) is 1.35. The Bertz CT molecular complexity index is 1170. The molecule has 2 aromatic heterocycles. The third kappa shape index (κ3) is 4.17. The Morgan fingerprint density at radius 1 is 1.28 bits per heavy atom. The highest BCUT2D eigenvalue weighted by atomic mass is 127.